The Kier molecular flexibility index (Phi) is 2.73. The van der Waals surface area contributed by atoms with E-state index < -0.39 is 0 Å². The lowest BCUT2D eigenvalue weighted by Crippen LogP contribution is -2.36. The maximum atomic E-state index is 5.40. The molecule has 6 heteroatoms. The summed E-state index contributed by atoms with van der Waals surface area (Å²) in [4.78, 5) is 16.6. The van der Waals surface area contributed by atoms with Gasteiger partial charge >= 0.3 is 0 Å². The number of hydrogen-bond donors (Lipinski definition) is 0. The average Bonchev–Trinajstić information content (AvgIpc) is 2.98. The van der Waals surface area contributed by atoms with E-state index in [4.69, 9.17) is 4.52 Å². The lowest BCUT2D eigenvalue weighted by atomic mass is 9.64. The van der Waals surface area contributed by atoms with E-state index in [2.05, 4.69) is 25.1 Å². The summed E-state index contributed by atoms with van der Waals surface area (Å²) in [6.07, 6.45) is 11.7. The number of pyridine rings is 1. The highest BCUT2D eigenvalue weighted by atomic mass is 16.5. The Balaban J connectivity index is 1.75. The number of nitrogens with zero attached hydrogens (tertiary/aromatic N) is 5. The van der Waals surface area contributed by atoms with Gasteiger partial charge in [0.1, 0.15) is 6.33 Å². The molecule has 21 heavy (non-hydrogen) atoms. The van der Waals surface area contributed by atoms with Crippen molar-refractivity contribution in [3.05, 3.63) is 54.6 Å². The molecular formula is C15H13N5O. The Hall–Kier alpha value is -2.63. The molecule has 0 aliphatic heterocycles. The van der Waals surface area contributed by atoms with Gasteiger partial charge in [-0.3, -0.25) is 4.98 Å². The van der Waals surface area contributed by atoms with Crippen LogP contribution < -0.4 is 0 Å². The third-order valence-electron chi connectivity index (χ3n) is 4.10. The number of hydrogen-bond acceptors (Lipinski definition) is 6. The van der Waals surface area contributed by atoms with Crippen molar-refractivity contribution in [3.8, 4) is 11.5 Å². The fourth-order valence-electron chi connectivity index (χ4n) is 2.79. The molecule has 3 aromatic rings. The van der Waals surface area contributed by atoms with E-state index in [1.165, 1.54) is 18.3 Å². The summed E-state index contributed by atoms with van der Waals surface area (Å²) in [5.41, 5.74) is 1.79. The second-order valence-electron chi connectivity index (χ2n) is 5.22. The van der Waals surface area contributed by atoms with Gasteiger partial charge in [-0.1, -0.05) is 11.6 Å². The standard InChI is InChI=1S/C15H13N5O/c1-4-15(5-1,12-2-6-16-7-3-12)14-19-13(21-20-14)11-8-17-10-18-9-11/h2-3,6-10H,1,4-5H2. The maximum Gasteiger partial charge on any atom is 0.261 e. The molecule has 0 bridgehead atoms. The largest absolute Gasteiger partial charge is 0.334 e. The molecule has 4 rings (SSSR count). The van der Waals surface area contributed by atoms with Crippen molar-refractivity contribution >= 4 is 0 Å². The van der Waals surface area contributed by atoms with Crippen molar-refractivity contribution in [3.63, 3.8) is 0 Å². The summed E-state index contributed by atoms with van der Waals surface area (Å²) < 4.78 is 5.40. The monoisotopic (exact) mass is 279 g/mol. The average molecular weight is 279 g/mol. The number of rotatable bonds is 3. The van der Waals surface area contributed by atoms with Crippen molar-refractivity contribution in [2.75, 3.05) is 0 Å². The second-order valence-corrected chi connectivity index (χ2v) is 5.22. The molecule has 0 radical (unpaired) electrons. The first-order valence-corrected chi connectivity index (χ1v) is 6.89. The maximum absolute atomic E-state index is 5.40. The van der Waals surface area contributed by atoms with Gasteiger partial charge in [-0.15, -0.1) is 0 Å². The van der Waals surface area contributed by atoms with Gasteiger partial charge < -0.3 is 4.52 Å². The van der Waals surface area contributed by atoms with E-state index >= 15 is 0 Å². The summed E-state index contributed by atoms with van der Waals surface area (Å²) in [5, 5.41) is 4.20. The lowest BCUT2D eigenvalue weighted by Gasteiger charge is -2.39. The second kappa shape index (κ2) is 4.73. The molecule has 3 aromatic heterocycles. The van der Waals surface area contributed by atoms with Gasteiger partial charge in [0.15, 0.2) is 5.82 Å². The minimum Gasteiger partial charge on any atom is -0.334 e. The summed E-state index contributed by atoms with van der Waals surface area (Å²) >= 11 is 0. The quantitative estimate of drug-likeness (QED) is 0.732. The van der Waals surface area contributed by atoms with Gasteiger partial charge in [-0.25, -0.2) is 9.97 Å². The van der Waals surface area contributed by atoms with Gasteiger partial charge in [0.05, 0.1) is 11.0 Å². The first kappa shape index (κ1) is 12.1. The highest BCUT2D eigenvalue weighted by molar-refractivity contribution is 5.49. The van der Waals surface area contributed by atoms with Gasteiger partial charge in [0.25, 0.3) is 5.89 Å². The molecular weight excluding hydrogens is 266 g/mol. The van der Waals surface area contributed by atoms with Crippen LogP contribution in [0.1, 0.15) is 30.7 Å². The summed E-state index contributed by atoms with van der Waals surface area (Å²) in [5.74, 6) is 1.20. The first-order chi connectivity index (χ1) is 10.4. The van der Waals surface area contributed by atoms with Gasteiger partial charge in [0.2, 0.25) is 0 Å². The van der Waals surface area contributed by atoms with E-state index in [9.17, 15) is 0 Å². The Labute approximate surface area is 121 Å². The molecule has 1 fully saturated rings. The van der Waals surface area contributed by atoms with Crippen molar-refractivity contribution in [1.82, 2.24) is 25.1 Å². The van der Waals surface area contributed by atoms with Crippen molar-refractivity contribution in [2.24, 2.45) is 0 Å². The highest BCUT2D eigenvalue weighted by Gasteiger charge is 2.44. The molecule has 0 N–H and O–H groups in total. The minimum absolute atomic E-state index is 0.139. The van der Waals surface area contributed by atoms with E-state index in [1.54, 1.807) is 24.8 Å². The van der Waals surface area contributed by atoms with E-state index in [0.717, 1.165) is 24.2 Å². The van der Waals surface area contributed by atoms with Gasteiger partial charge in [-0.05, 0) is 30.5 Å². The van der Waals surface area contributed by atoms with Crippen LogP contribution in [-0.2, 0) is 5.41 Å². The summed E-state index contributed by atoms with van der Waals surface area (Å²) in [6, 6.07) is 4.06. The van der Waals surface area contributed by atoms with E-state index in [1.807, 2.05) is 12.1 Å². The van der Waals surface area contributed by atoms with Crippen molar-refractivity contribution in [1.29, 1.82) is 0 Å². The fourth-order valence-corrected chi connectivity index (χ4v) is 2.79. The normalized spacial score (nSPS) is 16.4. The predicted molar refractivity (Wildman–Crippen MR) is 74.2 cm³/mol. The fraction of sp³-hybridized carbons (Fsp3) is 0.267. The van der Waals surface area contributed by atoms with Crippen LogP contribution in [0.2, 0.25) is 0 Å². The zero-order chi connectivity index (χ0) is 14.1. The lowest BCUT2D eigenvalue weighted by molar-refractivity contribution is 0.272. The Morgan fingerprint density at radius 2 is 1.76 bits per heavy atom. The topological polar surface area (TPSA) is 77.6 Å². The highest BCUT2D eigenvalue weighted by Crippen LogP contribution is 2.47. The van der Waals surface area contributed by atoms with Crippen LogP contribution in [0.25, 0.3) is 11.5 Å². The van der Waals surface area contributed by atoms with Crippen LogP contribution in [0.5, 0.6) is 0 Å². The Bertz CT molecular complexity index is 737. The molecule has 104 valence electrons. The molecule has 3 heterocycles. The SMILES string of the molecule is c1cc(C2(c3noc(-c4cncnc4)n3)CCC2)ccn1. The third kappa shape index (κ3) is 1.91. The van der Waals surface area contributed by atoms with Crippen LogP contribution in [0.3, 0.4) is 0 Å². The molecule has 0 saturated heterocycles. The van der Waals surface area contributed by atoms with Crippen LogP contribution in [0, 0.1) is 0 Å². The Morgan fingerprint density at radius 3 is 2.43 bits per heavy atom. The zero-order valence-electron chi connectivity index (χ0n) is 11.3. The molecule has 0 atom stereocenters. The molecule has 0 amide bonds. The van der Waals surface area contributed by atoms with Crippen LogP contribution in [0.15, 0.2) is 47.8 Å². The van der Waals surface area contributed by atoms with Crippen molar-refractivity contribution in [2.45, 2.75) is 24.7 Å². The molecule has 0 aromatic carbocycles. The van der Waals surface area contributed by atoms with Crippen LogP contribution in [0.4, 0.5) is 0 Å². The zero-order valence-corrected chi connectivity index (χ0v) is 11.3. The molecule has 6 nitrogen and oxygen atoms in total. The van der Waals surface area contributed by atoms with Crippen molar-refractivity contribution < 1.29 is 4.52 Å². The van der Waals surface area contributed by atoms with E-state index in [-0.39, 0.29) is 5.41 Å². The molecule has 1 aliphatic carbocycles. The molecule has 1 saturated carbocycles. The van der Waals surface area contributed by atoms with Gasteiger partial charge in [0, 0.05) is 24.8 Å². The Morgan fingerprint density at radius 1 is 1.00 bits per heavy atom. The third-order valence-corrected chi connectivity index (χ3v) is 4.10. The number of aromatic nitrogens is 5. The van der Waals surface area contributed by atoms with Crippen LogP contribution in [-0.4, -0.2) is 25.1 Å². The van der Waals surface area contributed by atoms with E-state index in [0.29, 0.717) is 5.89 Å². The predicted octanol–water partition coefficient (Wildman–Crippen LogP) is 2.39. The van der Waals surface area contributed by atoms with Crippen LogP contribution >= 0.6 is 0 Å². The first-order valence-electron chi connectivity index (χ1n) is 6.89. The minimum atomic E-state index is -0.139. The van der Waals surface area contributed by atoms with Gasteiger partial charge in [-0.2, -0.15) is 4.98 Å². The molecule has 0 spiro atoms. The summed E-state index contributed by atoms with van der Waals surface area (Å²) in [6.45, 7) is 0. The molecule has 1 aliphatic rings. The smallest absolute Gasteiger partial charge is 0.261 e. The summed E-state index contributed by atoms with van der Waals surface area (Å²) in [7, 11) is 0. The molecule has 0 unspecified atom stereocenters.